The minimum absolute atomic E-state index is 0.115. The van der Waals surface area contributed by atoms with Crippen LogP contribution in [0.25, 0.3) is 0 Å². The van der Waals surface area contributed by atoms with E-state index in [1.165, 1.54) is 6.07 Å². The maximum atomic E-state index is 9.21. The van der Waals surface area contributed by atoms with Crippen molar-refractivity contribution in [3.63, 3.8) is 0 Å². The fraction of sp³-hybridized carbons (Fsp3) is 0.333. The molecule has 0 aliphatic carbocycles. The minimum atomic E-state index is 0.115. The zero-order valence-electron chi connectivity index (χ0n) is 8.40. The van der Waals surface area contributed by atoms with Crippen LogP contribution in [0.3, 0.4) is 0 Å². The van der Waals surface area contributed by atoms with Crippen LogP contribution in [0.5, 0.6) is 11.5 Å². The van der Waals surface area contributed by atoms with E-state index in [1.54, 1.807) is 12.1 Å². The van der Waals surface area contributed by atoms with Crippen molar-refractivity contribution >= 4 is 0 Å². The zero-order chi connectivity index (χ0) is 10.4. The van der Waals surface area contributed by atoms with Gasteiger partial charge in [0.2, 0.25) is 0 Å². The first-order valence-electron chi connectivity index (χ1n) is 4.89. The smallest absolute Gasteiger partial charge is 0.119 e. The van der Waals surface area contributed by atoms with E-state index < -0.39 is 0 Å². The van der Waals surface area contributed by atoms with Gasteiger partial charge in [-0.05, 0) is 30.5 Å². The zero-order valence-corrected chi connectivity index (χ0v) is 8.40. The first-order chi connectivity index (χ1) is 6.72. The lowest BCUT2D eigenvalue weighted by Crippen LogP contribution is -1.80. The van der Waals surface area contributed by atoms with Gasteiger partial charge in [0, 0.05) is 6.07 Å². The van der Waals surface area contributed by atoms with Crippen molar-refractivity contribution < 1.29 is 10.2 Å². The number of benzene rings is 1. The molecule has 1 aromatic rings. The van der Waals surface area contributed by atoms with Crippen molar-refractivity contribution in [2.24, 2.45) is 0 Å². The molecule has 0 fully saturated rings. The summed E-state index contributed by atoms with van der Waals surface area (Å²) < 4.78 is 0. The summed E-state index contributed by atoms with van der Waals surface area (Å²) in [6, 6.07) is 4.66. The average Bonchev–Trinajstić information content (AvgIpc) is 2.11. The second-order valence-electron chi connectivity index (χ2n) is 3.32. The third kappa shape index (κ3) is 3.52. The molecule has 1 aromatic carbocycles. The topological polar surface area (TPSA) is 40.5 Å². The van der Waals surface area contributed by atoms with Crippen LogP contribution in [-0.4, -0.2) is 10.2 Å². The molecule has 1 rings (SSSR count). The Morgan fingerprint density at radius 2 is 1.71 bits per heavy atom. The lowest BCUT2D eigenvalue weighted by molar-refractivity contribution is 0.449. The van der Waals surface area contributed by atoms with E-state index in [-0.39, 0.29) is 11.5 Å². The second kappa shape index (κ2) is 5.32. The Hall–Kier alpha value is -1.44. The number of hydrogen-bond acceptors (Lipinski definition) is 2. The number of unbranched alkanes of at least 4 members (excludes halogenated alkanes) is 1. The molecule has 14 heavy (non-hydrogen) atoms. The van der Waals surface area contributed by atoms with Gasteiger partial charge in [-0.15, -0.1) is 0 Å². The van der Waals surface area contributed by atoms with Gasteiger partial charge in [-0.2, -0.15) is 0 Å². The molecule has 76 valence electrons. The van der Waals surface area contributed by atoms with Gasteiger partial charge in [0.15, 0.2) is 0 Å². The van der Waals surface area contributed by atoms with Gasteiger partial charge < -0.3 is 10.2 Å². The van der Waals surface area contributed by atoms with Crippen molar-refractivity contribution in [2.75, 3.05) is 0 Å². The molecule has 0 spiro atoms. The summed E-state index contributed by atoms with van der Waals surface area (Å²) in [6.45, 7) is 2.13. The summed E-state index contributed by atoms with van der Waals surface area (Å²) >= 11 is 0. The number of allylic oxidation sites excluding steroid dienone is 2. The summed E-state index contributed by atoms with van der Waals surface area (Å²) in [6.07, 6.45) is 7.13. The fourth-order valence-corrected chi connectivity index (χ4v) is 1.28. The molecule has 0 bridgehead atoms. The standard InChI is InChI=1S/C12H16O2/c1-2-3-4-5-6-10-7-11(13)9-12(14)8-10/h4-5,7-9,13-14H,2-3,6H2,1H3. The van der Waals surface area contributed by atoms with Gasteiger partial charge in [-0.3, -0.25) is 0 Å². The molecule has 0 saturated carbocycles. The molecule has 2 heteroatoms. The highest BCUT2D eigenvalue weighted by molar-refractivity contribution is 5.37. The van der Waals surface area contributed by atoms with Crippen LogP contribution in [-0.2, 0) is 6.42 Å². The van der Waals surface area contributed by atoms with E-state index >= 15 is 0 Å². The monoisotopic (exact) mass is 192 g/mol. The third-order valence-electron chi connectivity index (χ3n) is 1.94. The molecule has 0 unspecified atom stereocenters. The predicted molar refractivity (Wildman–Crippen MR) is 57.5 cm³/mol. The molecule has 2 nitrogen and oxygen atoms in total. The largest absolute Gasteiger partial charge is 0.508 e. The van der Waals surface area contributed by atoms with Crippen LogP contribution in [0, 0.1) is 0 Å². The van der Waals surface area contributed by atoms with Crippen LogP contribution >= 0.6 is 0 Å². The summed E-state index contributed by atoms with van der Waals surface area (Å²) in [5.74, 6) is 0.229. The highest BCUT2D eigenvalue weighted by Crippen LogP contribution is 2.20. The number of phenols is 2. The van der Waals surface area contributed by atoms with Crippen molar-refractivity contribution in [1.29, 1.82) is 0 Å². The minimum Gasteiger partial charge on any atom is -0.508 e. The molecule has 0 aliphatic rings. The predicted octanol–water partition coefficient (Wildman–Crippen LogP) is 3.00. The number of hydrogen-bond donors (Lipinski definition) is 2. The van der Waals surface area contributed by atoms with Crippen molar-refractivity contribution in [3.05, 3.63) is 35.9 Å². The summed E-state index contributed by atoms with van der Waals surface area (Å²) in [5.41, 5.74) is 0.926. The average molecular weight is 192 g/mol. The van der Waals surface area contributed by atoms with Crippen LogP contribution in [0.1, 0.15) is 25.3 Å². The maximum Gasteiger partial charge on any atom is 0.119 e. The first kappa shape index (κ1) is 10.6. The quantitative estimate of drug-likeness (QED) is 0.720. The van der Waals surface area contributed by atoms with Crippen molar-refractivity contribution in [3.8, 4) is 11.5 Å². The lowest BCUT2D eigenvalue weighted by atomic mass is 10.1. The van der Waals surface area contributed by atoms with E-state index in [0.29, 0.717) is 0 Å². The van der Waals surface area contributed by atoms with E-state index in [9.17, 15) is 10.2 Å². The summed E-state index contributed by atoms with van der Waals surface area (Å²) in [5, 5.41) is 18.4. The summed E-state index contributed by atoms with van der Waals surface area (Å²) in [4.78, 5) is 0. The van der Waals surface area contributed by atoms with Crippen molar-refractivity contribution in [2.45, 2.75) is 26.2 Å². The fourth-order valence-electron chi connectivity index (χ4n) is 1.28. The Balaban J connectivity index is 2.58. The molecule has 0 heterocycles. The molecule has 0 saturated heterocycles. The number of aromatic hydroxyl groups is 2. The van der Waals surface area contributed by atoms with Crippen LogP contribution < -0.4 is 0 Å². The molecule has 0 amide bonds. The maximum absolute atomic E-state index is 9.21. The molecule has 0 atom stereocenters. The lowest BCUT2D eigenvalue weighted by Gasteiger charge is -1.99. The molecular weight excluding hydrogens is 176 g/mol. The van der Waals surface area contributed by atoms with Gasteiger partial charge in [-0.1, -0.05) is 25.5 Å². The highest BCUT2D eigenvalue weighted by atomic mass is 16.3. The van der Waals surface area contributed by atoms with E-state index in [1.807, 2.05) is 0 Å². The molecule has 0 aromatic heterocycles. The molecule has 2 N–H and O–H groups in total. The summed E-state index contributed by atoms with van der Waals surface area (Å²) in [7, 11) is 0. The van der Waals surface area contributed by atoms with Crippen LogP contribution in [0.4, 0.5) is 0 Å². The van der Waals surface area contributed by atoms with Gasteiger partial charge in [0.25, 0.3) is 0 Å². The van der Waals surface area contributed by atoms with E-state index in [0.717, 1.165) is 24.8 Å². The van der Waals surface area contributed by atoms with E-state index in [2.05, 4.69) is 19.1 Å². The third-order valence-corrected chi connectivity index (χ3v) is 1.94. The van der Waals surface area contributed by atoms with E-state index in [4.69, 9.17) is 0 Å². The molecule has 0 aliphatic heterocycles. The Labute approximate surface area is 84.5 Å². The van der Waals surface area contributed by atoms with Crippen LogP contribution in [0.15, 0.2) is 30.4 Å². The SMILES string of the molecule is CCCC=CCc1cc(O)cc(O)c1. The highest BCUT2D eigenvalue weighted by Gasteiger charge is 1.96. The van der Waals surface area contributed by atoms with Crippen LogP contribution in [0.2, 0.25) is 0 Å². The Kier molecular flexibility index (Phi) is 4.05. The van der Waals surface area contributed by atoms with Gasteiger partial charge >= 0.3 is 0 Å². The normalized spacial score (nSPS) is 10.9. The van der Waals surface area contributed by atoms with Crippen molar-refractivity contribution in [1.82, 2.24) is 0 Å². The molecule has 0 radical (unpaired) electrons. The Bertz CT molecular complexity index is 296. The second-order valence-corrected chi connectivity index (χ2v) is 3.32. The first-order valence-corrected chi connectivity index (χ1v) is 4.89. The van der Waals surface area contributed by atoms with Gasteiger partial charge in [0.05, 0.1) is 0 Å². The van der Waals surface area contributed by atoms with Gasteiger partial charge in [0.1, 0.15) is 11.5 Å². The molecular formula is C12H16O2. The van der Waals surface area contributed by atoms with Gasteiger partial charge in [-0.25, -0.2) is 0 Å². The number of rotatable bonds is 4. The number of phenolic OH excluding ortho intramolecular Hbond substituents is 2. The Morgan fingerprint density at radius 3 is 2.29 bits per heavy atom. The Morgan fingerprint density at radius 1 is 1.07 bits per heavy atom.